The Balaban J connectivity index is 3.00. The van der Waals surface area contributed by atoms with Crippen LogP contribution in [-0.2, 0) is 0 Å². The Morgan fingerprint density at radius 1 is 1.27 bits per heavy atom. The van der Waals surface area contributed by atoms with Crippen molar-refractivity contribution in [1.82, 2.24) is 4.98 Å². The molecule has 15 heavy (non-hydrogen) atoms. The van der Waals surface area contributed by atoms with Crippen LogP contribution in [-0.4, -0.2) is 28.0 Å². The summed E-state index contributed by atoms with van der Waals surface area (Å²) < 4.78 is 35.7. The minimum Gasteiger partial charge on any atom is -0.478 e. The third kappa shape index (κ3) is 2.52. The number of nitrogens with zero attached hydrogens (tertiary/aromatic N) is 1. The number of ketones is 1. The molecule has 1 aromatic heterocycles. The molecule has 0 aliphatic carbocycles. The van der Waals surface area contributed by atoms with Crippen LogP contribution in [0.1, 0.15) is 20.8 Å². The van der Waals surface area contributed by atoms with E-state index in [0.29, 0.717) is 6.20 Å². The van der Waals surface area contributed by atoms with E-state index in [1.54, 1.807) is 0 Å². The molecule has 4 nitrogen and oxygen atoms in total. The SMILES string of the molecule is O=C(O)c1ccc(C(=O)C(F)(F)F)nc1. The fraction of sp³-hybridized carbons (Fsp3) is 0.125. The maximum absolute atomic E-state index is 11.9. The van der Waals surface area contributed by atoms with Gasteiger partial charge in [0.15, 0.2) is 0 Å². The van der Waals surface area contributed by atoms with Gasteiger partial charge >= 0.3 is 12.1 Å². The maximum Gasteiger partial charge on any atom is 0.456 e. The van der Waals surface area contributed by atoms with Crippen LogP contribution in [0.3, 0.4) is 0 Å². The van der Waals surface area contributed by atoms with Gasteiger partial charge in [0.25, 0.3) is 5.78 Å². The van der Waals surface area contributed by atoms with Gasteiger partial charge in [-0.2, -0.15) is 13.2 Å². The zero-order valence-corrected chi connectivity index (χ0v) is 7.08. The first-order valence-electron chi connectivity index (χ1n) is 3.63. The summed E-state index contributed by atoms with van der Waals surface area (Å²) in [5.74, 6) is -3.42. The Labute approximate surface area is 81.4 Å². The first-order chi connectivity index (χ1) is 6.82. The number of carbonyl (C=O) groups excluding carboxylic acids is 1. The van der Waals surface area contributed by atoms with Gasteiger partial charge < -0.3 is 5.11 Å². The molecule has 1 aromatic rings. The molecule has 0 amide bonds. The lowest BCUT2D eigenvalue weighted by Crippen LogP contribution is -2.23. The van der Waals surface area contributed by atoms with E-state index in [1.165, 1.54) is 0 Å². The number of aromatic nitrogens is 1. The molecule has 0 bridgehead atoms. The average molecular weight is 219 g/mol. The summed E-state index contributed by atoms with van der Waals surface area (Å²) in [4.78, 5) is 24.1. The number of hydrogen-bond donors (Lipinski definition) is 1. The van der Waals surface area contributed by atoms with Crippen molar-refractivity contribution in [2.45, 2.75) is 6.18 Å². The molecule has 1 rings (SSSR count). The Hall–Kier alpha value is -1.92. The van der Waals surface area contributed by atoms with Gasteiger partial charge in [-0.15, -0.1) is 0 Å². The third-order valence-electron chi connectivity index (χ3n) is 1.50. The van der Waals surface area contributed by atoms with Crippen molar-refractivity contribution in [3.63, 3.8) is 0 Å². The molecule has 1 N–H and O–H groups in total. The van der Waals surface area contributed by atoms with Gasteiger partial charge in [-0.3, -0.25) is 9.78 Å². The molecule has 1 heterocycles. The average Bonchev–Trinajstić information content (AvgIpc) is 2.15. The van der Waals surface area contributed by atoms with Crippen molar-refractivity contribution in [3.05, 3.63) is 29.6 Å². The molecule has 0 saturated carbocycles. The zero-order valence-electron chi connectivity index (χ0n) is 7.08. The van der Waals surface area contributed by atoms with Gasteiger partial charge in [-0.05, 0) is 12.1 Å². The minimum absolute atomic E-state index is 0.284. The number of Topliss-reactive ketones (excluding diaryl/α,β-unsaturated/α-hetero) is 1. The fourth-order valence-electron chi connectivity index (χ4n) is 0.800. The largest absolute Gasteiger partial charge is 0.478 e. The quantitative estimate of drug-likeness (QED) is 0.766. The van der Waals surface area contributed by atoms with E-state index in [0.717, 1.165) is 12.1 Å². The molecule has 0 aliphatic rings. The summed E-state index contributed by atoms with van der Waals surface area (Å²) in [5.41, 5.74) is -1.11. The van der Waals surface area contributed by atoms with E-state index >= 15 is 0 Å². The lowest BCUT2D eigenvalue weighted by atomic mass is 10.2. The van der Waals surface area contributed by atoms with Gasteiger partial charge in [-0.25, -0.2) is 4.79 Å². The number of carboxylic acids is 1. The normalized spacial score (nSPS) is 11.1. The summed E-state index contributed by atoms with van der Waals surface area (Å²) in [6.07, 6.45) is -4.31. The number of pyridine rings is 1. The van der Waals surface area contributed by atoms with E-state index in [9.17, 15) is 22.8 Å². The van der Waals surface area contributed by atoms with Gasteiger partial charge in [0, 0.05) is 6.20 Å². The number of carboxylic acid groups (broad SMARTS) is 1. The second kappa shape index (κ2) is 3.68. The monoisotopic (exact) mass is 219 g/mol. The number of carbonyl (C=O) groups is 2. The number of alkyl halides is 3. The highest BCUT2D eigenvalue weighted by Gasteiger charge is 2.40. The van der Waals surface area contributed by atoms with E-state index in [1.807, 2.05) is 0 Å². The number of rotatable bonds is 2. The van der Waals surface area contributed by atoms with E-state index in [4.69, 9.17) is 5.11 Å². The molecular weight excluding hydrogens is 215 g/mol. The lowest BCUT2D eigenvalue weighted by molar-refractivity contribution is -0.0888. The highest BCUT2D eigenvalue weighted by atomic mass is 19.4. The van der Waals surface area contributed by atoms with Crippen LogP contribution < -0.4 is 0 Å². The van der Waals surface area contributed by atoms with Crippen molar-refractivity contribution < 1.29 is 27.9 Å². The molecule has 80 valence electrons. The summed E-state index contributed by atoms with van der Waals surface area (Å²) in [6.45, 7) is 0. The summed E-state index contributed by atoms with van der Waals surface area (Å²) in [6, 6.07) is 1.60. The number of halogens is 3. The van der Waals surface area contributed by atoms with Crippen LogP contribution in [0.15, 0.2) is 18.3 Å². The zero-order chi connectivity index (χ0) is 11.6. The number of hydrogen-bond acceptors (Lipinski definition) is 3. The molecule has 0 saturated heterocycles. The van der Waals surface area contributed by atoms with Crippen LogP contribution in [0.25, 0.3) is 0 Å². The Kier molecular flexibility index (Phi) is 2.74. The molecule has 7 heteroatoms. The topological polar surface area (TPSA) is 67.3 Å². The summed E-state index contributed by atoms with van der Waals surface area (Å²) in [5, 5.41) is 8.43. The second-order valence-corrected chi connectivity index (χ2v) is 2.56. The van der Waals surface area contributed by atoms with Crippen molar-refractivity contribution in [2.75, 3.05) is 0 Å². The number of aromatic carboxylic acids is 1. The minimum atomic E-state index is -5.00. The first-order valence-corrected chi connectivity index (χ1v) is 3.63. The van der Waals surface area contributed by atoms with Crippen molar-refractivity contribution in [2.24, 2.45) is 0 Å². The Morgan fingerprint density at radius 2 is 1.87 bits per heavy atom. The third-order valence-corrected chi connectivity index (χ3v) is 1.50. The molecule has 0 fully saturated rings. The van der Waals surface area contributed by atoms with Crippen molar-refractivity contribution >= 4 is 11.8 Å². The molecule has 0 radical (unpaired) electrons. The predicted octanol–water partition coefficient (Wildman–Crippen LogP) is 1.52. The van der Waals surface area contributed by atoms with Gasteiger partial charge in [0.2, 0.25) is 0 Å². The summed E-state index contributed by atoms with van der Waals surface area (Å²) >= 11 is 0. The van der Waals surface area contributed by atoms with Crippen molar-refractivity contribution in [1.29, 1.82) is 0 Å². The molecule has 0 spiro atoms. The standard InChI is InChI=1S/C8H4F3NO3/c9-8(10,11)6(13)5-2-1-4(3-12-5)7(14)15/h1-3H,(H,14,15). The van der Waals surface area contributed by atoms with E-state index in [2.05, 4.69) is 4.98 Å². The van der Waals surface area contributed by atoms with E-state index in [-0.39, 0.29) is 5.56 Å². The maximum atomic E-state index is 11.9. The molecule has 0 aliphatic heterocycles. The molecule has 0 atom stereocenters. The lowest BCUT2D eigenvalue weighted by Gasteiger charge is -2.03. The van der Waals surface area contributed by atoms with Crippen LogP contribution in [0.4, 0.5) is 13.2 Å². The van der Waals surface area contributed by atoms with Gasteiger partial charge in [-0.1, -0.05) is 0 Å². The van der Waals surface area contributed by atoms with E-state index < -0.39 is 23.6 Å². The highest BCUT2D eigenvalue weighted by molar-refractivity contribution is 5.99. The predicted molar refractivity (Wildman–Crippen MR) is 41.6 cm³/mol. The van der Waals surface area contributed by atoms with Crippen LogP contribution >= 0.6 is 0 Å². The van der Waals surface area contributed by atoms with Gasteiger partial charge in [0.1, 0.15) is 5.69 Å². The smallest absolute Gasteiger partial charge is 0.456 e. The summed E-state index contributed by atoms with van der Waals surface area (Å²) in [7, 11) is 0. The highest BCUT2D eigenvalue weighted by Crippen LogP contribution is 2.20. The van der Waals surface area contributed by atoms with Crippen LogP contribution in [0.2, 0.25) is 0 Å². The molecular formula is C8H4F3NO3. The molecule has 0 aromatic carbocycles. The Morgan fingerprint density at radius 3 is 2.20 bits per heavy atom. The van der Waals surface area contributed by atoms with Crippen LogP contribution in [0, 0.1) is 0 Å². The first kappa shape index (κ1) is 11.2. The van der Waals surface area contributed by atoms with Crippen molar-refractivity contribution in [3.8, 4) is 0 Å². The Bertz CT molecular complexity index is 397. The second-order valence-electron chi connectivity index (χ2n) is 2.56. The van der Waals surface area contributed by atoms with Gasteiger partial charge in [0.05, 0.1) is 5.56 Å². The fourth-order valence-corrected chi connectivity index (χ4v) is 0.800. The van der Waals surface area contributed by atoms with Crippen LogP contribution in [0.5, 0.6) is 0 Å². The molecule has 0 unspecified atom stereocenters.